The smallest absolute Gasteiger partial charge is 0.161 e. The van der Waals surface area contributed by atoms with Gasteiger partial charge in [0.25, 0.3) is 0 Å². The molecule has 1 aromatic rings. The average Bonchev–Trinajstić information content (AvgIpc) is 2.27. The number of ether oxygens (including phenoxy) is 2. The maximum atomic E-state index is 6.30. The van der Waals surface area contributed by atoms with Gasteiger partial charge >= 0.3 is 0 Å². The van der Waals surface area contributed by atoms with Crippen LogP contribution in [0.2, 0.25) is 0 Å². The fraction of sp³-hybridized carbons (Fsp3) is 0.500. The van der Waals surface area contributed by atoms with E-state index in [1.165, 1.54) is 0 Å². The van der Waals surface area contributed by atoms with E-state index < -0.39 is 0 Å². The molecule has 0 radical (unpaired) electrons. The van der Waals surface area contributed by atoms with Crippen molar-refractivity contribution in [2.75, 3.05) is 28.3 Å². The second-order valence-corrected chi connectivity index (χ2v) is 4.28. The van der Waals surface area contributed by atoms with E-state index >= 15 is 0 Å². The van der Waals surface area contributed by atoms with E-state index in [-0.39, 0.29) is 5.50 Å². The Balaban J connectivity index is 3.21. The molecule has 0 aliphatic rings. The summed E-state index contributed by atoms with van der Waals surface area (Å²) in [5, 5.41) is 0. The van der Waals surface area contributed by atoms with E-state index in [4.69, 9.17) is 21.1 Å². The molecule has 0 aliphatic heterocycles. The predicted molar refractivity (Wildman–Crippen MR) is 66.6 cm³/mol. The van der Waals surface area contributed by atoms with Crippen LogP contribution in [0.1, 0.15) is 16.6 Å². The SMILES string of the molecule is COc1cc(C)c(C(Cl)N(C)C)cc1OC. The van der Waals surface area contributed by atoms with Crippen LogP contribution < -0.4 is 9.47 Å². The first-order valence-corrected chi connectivity index (χ1v) is 5.48. The van der Waals surface area contributed by atoms with Gasteiger partial charge in [0.2, 0.25) is 0 Å². The molecule has 16 heavy (non-hydrogen) atoms. The van der Waals surface area contributed by atoms with Crippen molar-refractivity contribution in [2.45, 2.75) is 12.4 Å². The number of halogens is 1. The lowest BCUT2D eigenvalue weighted by Gasteiger charge is -2.21. The molecule has 0 aromatic heterocycles. The highest BCUT2D eigenvalue weighted by atomic mass is 35.5. The lowest BCUT2D eigenvalue weighted by molar-refractivity contribution is 0.350. The molecule has 90 valence electrons. The Hall–Kier alpha value is -0.930. The molecule has 1 unspecified atom stereocenters. The van der Waals surface area contributed by atoms with E-state index in [0.717, 1.165) is 16.9 Å². The van der Waals surface area contributed by atoms with E-state index in [1.807, 2.05) is 38.1 Å². The molecule has 0 aliphatic carbocycles. The van der Waals surface area contributed by atoms with Gasteiger partial charge in [0.05, 0.1) is 14.2 Å². The quantitative estimate of drug-likeness (QED) is 0.600. The number of benzene rings is 1. The maximum absolute atomic E-state index is 6.30. The van der Waals surface area contributed by atoms with Crippen LogP contribution in [0, 0.1) is 6.92 Å². The van der Waals surface area contributed by atoms with Crippen LogP contribution in [0.4, 0.5) is 0 Å². The first kappa shape index (κ1) is 13.1. The van der Waals surface area contributed by atoms with Crippen LogP contribution in [0.5, 0.6) is 11.5 Å². The molecule has 0 saturated heterocycles. The summed E-state index contributed by atoms with van der Waals surface area (Å²) in [4.78, 5) is 1.94. The molecule has 0 bridgehead atoms. The van der Waals surface area contributed by atoms with Crippen molar-refractivity contribution in [2.24, 2.45) is 0 Å². The number of hydrogen-bond donors (Lipinski definition) is 0. The van der Waals surface area contributed by atoms with Crippen molar-refractivity contribution < 1.29 is 9.47 Å². The van der Waals surface area contributed by atoms with Crippen molar-refractivity contribution in [3.8, 4) is 11.5 Å². The molecule has 3 nitrogen and oxygen atoms in total. The molecule has 1 aromatic carbocycles. The van der Waals surface area contributed by atoms with Gasteiger partial charge in [0.1, 0.15) is 5.50 Å². The highest BCUT2D eigenvalue weighted by molar-refractivity contribution is 6.20. The van der Waals surface area contributed by atoms with Crippen LogP contribution >= 0.6 is 11.6 Å². The monoisotopic (exact) mass is 243 g/mol. The fourth-order valence-electron chi connectivity index (χ4n) is 1.53. The Labute approximate surface area is 102 Å². The van der Waals surface area contributed by atoms with Crippen molar-refractivity contribution in [1.82, 2.24) is 4.90 Å². The van der Waals surface area contributed by atoms with E-state index in [0.29, 0.717) is 5.75 Å². The topological polar surface area (TPSA) is 21.7 Å². The van der Waals surface area contributed by atoms with Crippen molar-refractivity contribution in [3.63, 3.8) is 0 Å². The molecule has 4 heteroatoms. The summed E-state index contributed by atoms with van der Waals surface area (Å²) in [7, 11) is 7.12. The minimum atomic E-state index is -0.167. The second kappa shape index (κ2) is 5.41. The number of nitrogens with zero attached hydrogens (tertiary/aromatic N) is 1. The van der Waals surface area contributed by atoms with Crippen molar-refractivity contribution >= 4 is 11.6 Å². The molecule has 0 amide bonds. The minimum absolute atomic E-state index is 0.167. The number of rotatable bonds is 4. The van der Waals surface area contributed by atoms with Gasteiger partial charge in [0, 0.05) is 0 Å². The minimum Gasteiger partial charge on any atom is -0.493 e. The molecule has 0 fully saturated rings. The third-order valence-corrected chi connectivity index (χ3v) is 3.11. The molecule has 0 heterocycles. The van der Waals surface area contributed by atoms with E-state index in [2.05, 4.69) is 0 Å². The second-order valence-electron chi connectivity index (χ2n) is 3.86. The van der Waals surface area contributed by atoms with Crippen LogP contribution in [-0.4, -0.2) is 33.2 Å². The van der Waals surface area contributed by atoms with Gasteiger partial charge in [-0.15, -0.1) is 11.6 Å². The molecular weight excluding hydrogens is 226 g/mol. The number of aryl methyl sites for hydroxylation is 1. The third-order valence-electron chi connectivity index (χ3n) is 2.48. The summed E-state index contributed by atoms with van der Waals surface area (Å²) in [6, 6.07) is 3.86. The normalized spacial score (nSPS) is 12.7. The highest BCUT2D eigenvalue weighted by Gasteiger charge is 2.16. The Bertz CT molecular complexity index is 366. The van der Waals surface area contributed by atoms with Gasteiger partial charge in [-0.3, -0.25) is 4.90 Å². The van der Waals surface area contributed by atoms with Crippen molar-refractivity contribution in [1.29, 1.82) is 0 Å². The first-order valence-electron chi connectivity index (χ1n) is 5.04. The average molecular weight is 244 g/mol. The molecule has 0 spiro atoms. The summed E-state index contributed by atoms with van der Waals surface area (Å²) in [6.45, 7) is 2.01. The van der Waals surface area contributed by atoms with Gasteiger partial charge < -0.3 is 9.47 Å². The lowest BCUT2D eigenvalue weighted by atomic mass is 10.1. The van der Waals surface area contributed by atoms with Crippen LogP contribution in [0.15, 0.2) is 12.1 Å². The number of alkyl halides is 1. The van der Waals surface area contributed by atoms with Gasteiger partial charge in [-0.25, -0.2) is 0 Å². The summed E-state index contributed by atoms with van der Waals surface area (Å²) < 4.78 is 10.5. The molecule has 0 saturated carbocycles. The fourth-order valence-corrected chi connectivity index (χ4v) is 1.77. The van der Waals surface area contributed by atoms with Gasteiger partial charge in [-0.1, -0.05) is 0 Å². The number of methoxy groups -OCH3 is 2. The largest absolute Gasteiger partial charge is 0.493 e. The van der Waals surface area contributed by atoms with Crippen LogP contribution in [-0.2, 0) is 0 Å². The van der Waals surface area contributed by atoms with E-state index in [1.54, 1.807) is 14.2 Å². The van der Waals surface area contributed by atoms with Crippen LogP contribution in [0.25, 0.3) is 0 Å². The Morgan fingerprint density at radius 3 is 2.06 bits per heavy atom. The zero-order valence-electron chi connectivity index (χ0n) is 10.4. The highest BCUT2D eigenvalue weighted by Crippen LogP contribution is 2.35. The lowest BCUT2D eigenvalue weighted by Crippen LogP contribution is -2.15. The predicted octanol–water partition coefficient (Wildman–Crippen LogP) is 2.81. The summed E-state index contributed by atoms with van der Waals surface area (Å²) >= 11 is 6.30. The Morgan fingerprint density at radius 1 is 1.12 bits per heavy atom. The molecular formula is C12H18ClNO2. The standard InChI is InChI=1S/C12H18ClNO2/c1-8-6-10(15-4)11(16-5)7-9(8)12(13)14(2)3/h6-7,12H,1-5H3. The number of hydrogen-bond acceptors (Lipinski definition) is 3. The zero-order chi connectivity index (χ0) is 12.3. The van der Waals surface area contributed by atoms with E-state index in [9.17, 15) is 0 Å². The molecule has 1 atom stereocenters. The summed E-state index contributed by atoms with van der Waals surface area (Å²) in [5.41, 5.74) is 1.95. The zero-order valence-corrected chi connectivity index (χ0v) is 11.1. The summed E-state index contributed by atoms with van der Waals surface area (Å²) in [6.07, 6.45) is 0. The van der Waals surface area contributed by atoms with Crippen LogP contribution in [0.3, 0.4) is 0 Å². The van der Waals surface area contributed by atoms with Crippen molar-refractivity contribution in [3.05, 3.63) is 23.3 Å². The van der Waals surface area contributed by atoms with Gasteiger partial charge in [0.15, 0.2) is 11.5 Å². The van der Waals surface area contributed by atoms with Gasteiger partial charge in [-0.2, -0.15) is 0 Å². The summed E-state index contributed by atoms with van der Waals surface area (Å²) in [5.74, 6) is 1.43. The Morgan fingerprint density at radius 2 is 1.62 bits per heavy atom. The first-order chi connectivity index (χ1) is 7.51. The maximum Gasteiger partial charge on any atom is 0.161 e. The third kappa shape index (κ3) is 2.60. The Kier molecular flexibility index (Phi) is 4.44. The van der Waals surface area contributed by atoms with Gasteiger partial charge in [-0.05, 0) is 44.3 Å². The molecule has 0 N–H and O–H groups in total. The molecule has 1 rings (SSSR count).